The molecule has 1 unspecified atom stereocenters. The van der Waals surface area contributed by atoms with Crippen LogP contribution in [0, 0.1) is 0 Å². The van der Waals surface area contributed by atoms with E-state index in [0.29, 0.717) is 6.04 Å². The Morgan fingerprint density at radius 1 is 1.75 bits per heavy atom. The highest BCUT2D eigenvalue weighted by atomic mass is 15.2. The number of H-pyrrole nitrogens is 1. The van der Waals surface area contributed by atoms with E-state index in [1.54, 1.807) is 0 Å². The summed E-state index contributed by atoms with van der Waals surface area (Å²) in [5, 5.41) is 6.75. The molecule has 1 aliphatic rings. The van der Waals surface area contributed by atoms with E-state index in [4.69, 9.17) is 5.73 Å². The van der Waals surface area contributed by atoms with Crippen LogP contribution in [-0.4, -0.2) is 29.3 Å². The Balaban J connectivity index is 2.13. The summed E-state index contributed by atoms with van der Waals surface area (Å²) in [5.74, 6) is 0. The molecule has 4 heteroatoms. The van der Waals surface area contributed by atoms with Gasteiger partial charge in [0.05, 0.1) is 11.9 Å². The maximum absolute atomic E-state index is 5.66. The van der Waals surface area contributed by atoms with Gasteiger partial charge in [0.15, 0.2) is 0 Å². The summed E-state index contributed by atoms with van der Waals surface area (Å²) in [5.41, 5.74) is 6.83. The Hall–Kier alpha value is -1.03. The second-order valence-electron chi connectivity index (χ2n) is 3.18. The molecule has 0 amide bonds. The molecule has 12 heavy (non-hydrogen) atoms. The number of anilines is 1. The molecule has 0 spiro atoms. The van der Waals surface area contributed by atoms with Crippen LogP contribution in [0.5, 0.6) is 0 Å². The number of nitrogens with one attached hydrogen (secondary N) is 1. The first-order valence-corrected chi connectivity index (χ1v) is 4.37. The summed E-state index contributed by atoms with van der Waals surface area (Å²) < 4.78 is 0. The first-order valence-electron chi connectivity index (χ1n) is 4.37. The fourth-order valence-corrected chi connectivity index (χ4v) is 1.82. The van der Waals surface area contributed by atoms with Gasteiger partial charge in [0.2, 0.25) is 0 Å². The third-order valence-electron chi connectivity index (χ3n) is 2.46. The van der Waals surface area contributed by atoms with Crippen molar-refractivity contribution in [3.63, 3.8) is 0 Å². The van der Waals surface area contributed by atoms with Gasteiger partial charge in [-0.1, -0.05) is 0 Å². The molecule has 1 aromatic heterocycles. The van der Waals surface area contributed by atoms with Crippen LogP contribution in [0.2, 0.25) is 0 Å². The van der Waals surface area contributed by atoms with Crippen molar-refractivity contribution in [2.24, 2.45) is 5.73 Å². The fraction of sp³-hybridized carbons (Fsp3) is 0.625. The minimum absolute atomic E-state index is 0.516. The molecular weight excluding hydrogens is 152 g/mol. The molecule has 0 aliphatic carbocycles. The van der Waals surface area contributed by atoms with Crippen LogP contribution in [-0.2, 0) is 0 Å². The van der Waals surface area contributed by atoms with E-state index >= 15 is 0 Å². The first-order chi connectivity index (χ1) is 5.92. The van der Waals surface area contributed by atoms with Crippen molar-refractivity contribution < 1.29 is 0 Å². The molecule has 1 atom stereocenters. The third kappa shape index (κ3) is 1.18. The minimum Gasteiger partial charge on any atom is -0.365 e. The molecule has 0 saturated carbocycles. The van der Waals surface area contributed by atoms with E-state index in [-0.39, 0.29) is 0 Å². The Morgan fingerprint density at radius 2 is 2.67 bits per heavy atom. The lowest BCUT2D eigenvalue weighted by Gasteiger charge is -2.23. The van der Waals surface area contributed by atoms with Crippen LogP contribution in [0.15, 0.2) is 12.4 Å². The topological polar surface area (TPSA) is 57.9 Å². The van der Waals surface area contributed by atoms with Crippen LogP contribution in [0.1, 0.15) is 12.8 Å². The van der Waals surface area contributed by atoms with Crippen molar-refractivity contribution in [3.8, 4) is 0 Å². The highest BCUT2D eigenvalue weighted by Gasteiger charge is 2.23. The predicted octanol–water partition coefficient (Wildman–Crippen LogP) is 0.337. The number of rotatable bonds is 2. The lowest BCUT2D eigenvalue weighted by atomic mass is 10.2. The van der Waals surface area contributed by atoms with Gasteiger partial charge in [-0.2, -0.15) is 5.10 Å². The van der Waals surface area contributed by atoms with Crippen molar-refractivity contribution in [3.05, 3.63) is 12.4 Å². The molecule has 2 rings (SSSR count). The molecule has 3 N–H and O–H groups in total. The number of hydrogen-bond acceptors (Lipinski definition) is 3. The maximum Gasteiger partial charge on any atom is 0.0752 e. The number of nitrogens with zero attached hydrogens (tertiary/aromatic N) is 2. The Labute approximate surface area is 71.7 Å². The summed E-state index contributed by atoms with van der Waals surface area (Å²) >= 11 is 0. The third-order valence-corrected chi connectivity index (χ3v) is 2.46. The summed E-state index contributed by atoms with van der Waals surface area (Å²) in [6.45, 7) is 1.85. The van der Waals surface area contributed by atoms with Gasteiger partial charge in [0.25, 0.3) is 0 Å². The summed E-state index contributed by atoms with van der Waals surface area (Å²) in [6.07, 6.45) is 6.23. The number of aromatic amines is 1. The van der Waals surface area contributed by atoms with Crippen molar-refractivity contribution in [1.29, 1.82) is 0 Å². The molecule has 0 radical (unpaired) electrons. The average molecular weight is 166 g/mol. The van der Waals surface area contributed by atoms with E-state index < -0.39 is 0 Å². The Morgan fingerprint density at radius 3 is 3.33 bits per heavy atom. The summed E-state index contributed by atoms with van der Waals surface area (Å²) in [4.78, 5) is 2.32. The summed E-state index contributed by atoms with van der Waals surface area (Å²) in [7, 11) is 0. The van der Waals surface area contributed by atoms with E-state index in [1.807, 2.05) is 12.4 Å². The van der Waals surface area contributed by atoms with Gasteiger partial charge in [-0.15, -0.1) is 0 Å². The Bertz CT molecular complexity index is 231. The molecule has 2 heterocycles. The quantitative estimate of drug-likeness (QED) is 0.666. The zero-order chi connectivity index (χ0) is 8.39. The van der Waals surface area contributed by atoms with Crippen LogP contribution in [0.3, 0.4) is 0 Å². The molecule has 0 bridgehead atoms. The maximum atomic E-state index is 5.66. The van der Waals surface area contributed by atoms with Gasteiger partial charge < -0.3 is 10.6 Å². The lowest BCUT2D eigenvalue weighted by molar-refractivity contribution is 0.677. The van der Waals surface area contributed by atoms with Crippen molar-refractivity contribution in [1.82, 2.24) is 10.2 Å². The van der Waals surface area contributed by atoms with Gasteiger partial charge in [0, 0.05) is 25.3 Å². The van der Waals surface area contributed by atoms with E-state index in [1.165, 1.54) is 18.5 Å². The molecule has 1 aliphatic heterocycles. The standard InChI is InChI=1S/C8H14N4/c9-4-7-2-1-3-12(7)8-5-10-11-6-8/h5-7H,1-4,9H2,(H,10,11). The largest absolute Gasteiger partial charge is 0.365 e. The van der Waals surface area contributed by atoms with E-state index in [0.717, 1.165) is 13.1 Å². The fourth-order valence-electron chi connectivity index (χ4n) is 1.82. The zero-order valence-electron chi connectivity index (χ0n) is 7.03. The van der Waals surface area contributed by atoms with Crippen LogP contribution in [0.4, 0.5) is 5.69 Å². The zero-order valence-corrected chi connectivity index (χ0v) is 7.03. The smallest absolute Gasteiger partial charge is 0.0752 e. The minimum atomic E-state index is 0.516. The molecule has 66 valence electrons. The van der Waals surface area contributed by atoms with E-state index in [9.17, 15) is 0 Å². The van der Waals surface area contributed by atoms with Crippen molar-refractivity contribution in [2.75, 3.05) is 18.0 Å². The summed E-state index contributed by atoms with van der Waals surface area (Å²) in [6, 6.07) is 0.516. The molecule has 1 aromatic rings. The second kappa shape index (κ2) is 3.15. The average Bonchev–Trinajstić information content (AvgIpc) is 2.74. The predicted molar refractivity (Wildman–Crippen MR) is 48.0 cm³/mol. The Kier molecular flexibility index (Phi) is 1.99. The van der Waals surface area contributed by atoms with Crippen LogP contribution in [0.25, 0.3) is 0 Å². The van der Waals surface area contributed by atoms with Crippen molar-refractivity contribution >= 4 is 5.69 Å². The molecule has 1 saturated heterocycles. The number of nitrogens with two attached hydrogens (primary N) is 1. The van der Waals surface area contributed by atoms with Gasteiger partial charge in [-0.05, 0) is 12.8 Å². The van der Waals surface area contributed by atoms with Crippen LogP contribution >= 0.6 is 0 Å². The van der Waals surface area contributed by atoms with Gasteiger partial charge in [-0.3, -0.25) is 5.10 Å². The second-order valence-corrected chi connectivity index (χ2v) is 3.18. The molecule has 4 nitrogen and oxygen atoms in total. The molecular formula is C8H14N4. The molecule has 0 aromatic carbocycles. The molecule has 1 fully saturated rings. The number of hydrogen-bond donors (Lipinski definition) is 2. The monoisotopic (exact) mass is 166 g/mol. The number of aromatic nitrogens is 2. The van der Waals surface area contributed by atoms with Gasteiger partial charge in [0.1, 0.15) is 0 Å². The van der Waals surface area contributed by atoms with Crippen LogP contribution < -0.4 is 10.6 Å². The SMILES string of the molecule is NCC1CCCN1c1cn[nH]c1. The highest BCUT2D eigenvalue weighted by molar-refractivity contribution is 5.44. The van der Waals surface area contributed by atoms with E-state index in [2.05, 4.69) is 15.1 Å². The lowest BCUT2D eigenvalue weighted by Crippen LogP contribution is -2.35. The first kappa shape index (κ1) is 7.61. The highest BCUT2D eigenvalue weighted by Crippen LogP contribution is 2.23. The van der Waals surface area contributed by atoms with Gasteiger partial charge >= 0.3 is 0 Å². The normalized spacial score (nSPS) is 23.4. The van der Waals surface area contributed by atoms with Crippen molar-refractivity contribution in [2.45, 2.75) is 18.9 Å². The van der Waals surface area contributed by atoms with Gasteiger partial charge in [-0.25, -0.2) is 0 Å².